The number of piperazine rings is 1. The van der Waals surface area contributed by atoms with Crippen LogP contribution in [0.3, 0.4) is 0 Å². The third kappa shape index (κ3) is 5.11. The first-order chi connectivity index (χ1) is 19.1. The second-order valence-electron chi connectivity index (χ2n) is 10.3. The lowest BCUT2D eigenvalue weighted by Crippen LogP contribution is -2.47. The predicted molar refractivity (Wildman–Crippen MR) is 155 cm³/mol. The van der Waals surface area contributed by atoms with Crippen LogP contribution in [0.15, 0.2) is 42.7 Å². The number of aryl methyl sites for hydroxylation is 2. The number of anilines is 2. The highest BCUT2D eigenvalue weighted by Gasteiger charge is 2.20. The number of hydrogen-bond acceptors (Lipinski definition) is 8. The SMILES string of the molecule is CCc1nc2c(NCCCN3CCN(c4cccc(C)c4C)CC3)ncnc2n1-c1ccc2c(c1)OCCO2. The molecule has 9 heteroatoms. The zero-order valence-electron chi connectivity index (χ0n) is 23.1. The fourth-order valence-corrected chi connectivity index (χ4v) is 5.55. The summed E-state index contributed by atoms with van der Waals surface area (Å²) in [6.45, 7) is 13.9. The van der Waals surface area contributed by atoms with E-state index in [2.05, 4.69) is 68.6 Å². The summed E-state index contributed by atoms with van der Waals surface area (Å²) in [5.41, 5.74) is 6.69. The lowest BCUT2D eigenvalue weighted by Gasteiger charge is -2.37. The summed E-state index contributed by atoms with van der Waals surface area (Å²) < 4.78 is 13.6. The van der Waals surface area contributed by atoms with Crippen LogP contribution in [0.2, 0.25) is 0 Å². The average molecular weight is 528 g/mol. The number of fused-ring (bicyclic) bond motifs is 2. The van der Waals surface area contributed by atoms with Gasteiger partial charge in [0.2, 0.25) is 0 Å². The van der Waals surface area contributed by atoms with E-state index in [4.69, 9.17) is 14.5 Å². The Hall–Kier alpha value is -3.85. The number of rotatable bonds is 8. The summed E-state index contributed by atoms with van der Waals surface area (Å²) >= 11 is 0. The molecule has 0 amide bonds. The van der Waals surface area contributed by atoms with E-state index in [0.29, 0.717) is 13.2 Å². The van der Waals surface area contributed by atoms with Crippen molar-refractivity contribution in [1.82, 2.24) is 24.4 Å². The van der Waals surface area contributed by atoms with Crippen LogP contribution >= 0.6 is 0 Å². The number of hydrogen-bond donors (Lipinski definition) is 1. The molecular formula is C30H37N7O2. The summed E-state index contributed by atoms with van der Waals surface area (Å²) in [6, 6.07) is 12.6. The number of benzene rings is 2. The van der Waals surface area contributed by atoms with Crippen LogP contribution < -0.4 is 19.7 Å². The highest BCUT2D eigenvalue weighted by molar-refractivity contribution is 5.84. The molecule has 1 N–H and O–H groups in total. The number of aromatic nitrogens is 4. The second-order valence-corrected chi connectivity index (χ2v) is 10.3. The summed E-state index contributed by atoms with van der Waals surface area (Å²) in [6.07, 6.45) is 3.43. The fraction of sp³-hybridized carbons (Fsp3) is 0.433. The van der Waals surface area contributed by atoms with E-state index in [0.717, 1.165) is 92.1 Å². The molecule has 2 aromatic heterocycles. The quantitative estimate of drug-likeness (QED) is 0.338. The Bertz CT molecular complexity index is 1460. The number of nitrogens with zero attached hydrogens (tertiary/aromatic N) is 6. The molecule has 2 aromatic carbocycles. The Labute approximate surface area is 229 Å². The third-order valence-corrected chi connectivity index (χ3v) is 7.85. The van der Waals surface area contributed by atoms with Crippen LogP contribution in [-0.4, -0.2) is 76.9 Å². The van der Waals surface area contributed by atoms with Crippen LogP contribution in [0, 0.1) is 13.8 Å². The minimum Gasteiger partial charge on any atom is -0.486 e. The van der Waals surface area contributed by atoms with Crippen LogP contribution in [0.5, 0.6) is 11.5 Å². The van der Waals surface area contributed by atoms with Gasteiger partial charge in [-0.25, -0.2) is 15.0 Å². The highest BCUT2D eigenvalue weighted by Crippen LogP contribution is 2.34. The lowest BCUT2D eigenvalue weighted by atomic mass is 10.1. The molecule has 0 aliphatic carbocycles. The molecule has 0 radical (unpaired) electrons. The highest BCUT2D eigenvalue weighted by atomic mass is 16.6. The molecule has 39 heavy (non-hydrogen) atoms. The van der Waals surface area contributed by atoms with Gasteiger partial charge in [0.05, 0.1) is 5.69 Å². The van der Waals surface area contributed by atoms with Crippen molar-refractivity contribution in [3.05, 3.63) is 59.7 Å². The van der Waals surface area contributed by atoms with Gasteiger partial charge >= 0.3 is 0 Å². The van der Waals surface area contributed by atoms with Gasteiger partial charge in [0.25, 0.3) is 0 Å². The maximum Gasteiger partial charge on any atom is 0.170 e. The molecule has 1 saturated heterocycles. The normalized spacial score (nSPS) is 15.6. The molecule has 1 fully saturated rings. The Balaban J connectivity index is 1.09. The van der Waals surface area contributed by atoms with Crippen molar-refractivity contribution >= 4 is 22.7 Å². The zero-order valence-corrected chi connectivity index (χ0v) is 23.1. The third-order valence-electron chi connectivity index (χ3n) is 7.85. The van der Waals surface area contributed by atoms with Crippen molar-refractivity contribution in [1.29, 1.82) is 0 Å². The van der Waals surface area contributed by atoms with Gasteiger partial charge in [0, 0.05) is 50.9 Å². The van der Waals surface area contributed by atoms with E-state index < -0.39 is 0 Å². The van der Waals surface area contributed by atoms with Crippen LogP contribution in [0.25, 0.3) is 16.9 Å². The maximum absolute atomic E-state index is 5.81. The first-order valence-electron chi connectivity index (χ1n) is 14.0. The van der Waals surface area contributed by atoms with Crippen molar-refractivity contribution in [3.63, 3.8) is 0 Å². The van der Waals surface area contributed by atoms with E-state index in [1.54, 1.807) is 6.33 Å². The molecule has 0 bridgehead atoms. The monoisotopic (exact) mass is 527 g/mol. The van der Waals surface area contributed by atoms with Gasteiger partial charge in [-0.3, -0.25) is 9.47 Å². The Morgan fingerprint density at radius 1 is 0.949 bits per heavy atom. The van der Waals surface area contributed by atoms with E-state index in [-0.39, 0.29) is 0 Å². The van der Waals surface area contributed by atoms with E-state index in [1.807, 2.05) is 18.2 Å². The lowest BCUT2D eigenvalue weighted by molar-refractivity contribution is 0.171. The molecule has 2 aliphatic heterocycles. The van der Waals surface area contributed by atoms with Gasteiger partial charge in [-0.15, -0.1) is 0 Å². The number of imidazole rings is 1. The standard InChI is InChI=1S/C30H37N7O2/c1-4-27-34-28-29(32-20-33-30(28)37(27)23-9-10-25-26(19-23)39-18-17-38-25)31-11-6-12-35-13-15-36(16-14-35)24-8-5-7-21(2)22(24)3/h5,7-10,19-20H,4,6,11-18H2,1-3H3,(H,31,32,33). The Morgan fingerprint density at radius 3 is 2.59 bits per heavy atom. The molecule has 9 nitrogen and oxygen atoms in total. The molecule has 0 spiro atoms. The molecule has 4 aromatic rings. The summed E-state index contributed by atoms with van der Waals surface area (Å²) in [5.74, 6) is 3.25. The largest absolute Gasteiger partial charge is 0.486 e. The van der Waals surface area contributed by atoms with Crippen molar-refractivity contribution < 1.29 is 9.47 Å². The minimum atomic E-state index is 0.556. The summed E-state index contributed by atoms with van der Waals surface area (Å²) in [5, 5.41) is 3.53. The number of ether oxygens (including phenoxy) is 2. The fourth-order valence-electron chi connectivity index (χ4n) is 5.55. The molecule has 204 valence electrons. The molecule has 0 atom stereocenters. The van der Waals surface area contributed by atoms with E-state index >= 15 is 0 Å². The first-order valence-corrected chi connectivity index (χ1v) is 14.0. The Kier molecular flexibility index (Phi) is 7.24. The molecule has 0 unspecified atom stereocenters. The number of nitrogens with one attached hydrogen (secondary N) is 1. The van der Waals surface area contributed by atoms with Crippen molar-refractivity contribution in [3.8, 4) is 17.2 Å². The Morgan fingerprint density at radius 2 is 1.77 bits per heavy atom. The predicted octanol–water partition coefficient (Wildman–Crippen LogP) is 4.39. The van der Waals surface area contributed by atoms with Gasteiger partial charge in [-0.2, -0.15) is 0 Å². The topological polar surface area (TPSA) is 80.6 Å². The van der Waals surface area contributed by atoms with Crippen LogP contribution in [0.1, 0.15) is 30.3 Å². The van der Waals surface area contributed by atoms with Gasteiger partial charge < -0.3 is 19.7 Å². The molecule has 6 rings (SSSR count). The van der Waals surface area contributed by atoms with E-state index in [1.165, 1.54) is 16.8 Å². The van der Waals surface area contributed by atoms with Gasteiger partial charge in [-0.1, -0.05) is 19.1 Å². The summed E-state index contributed by atoms with van der Waals surface area (Å²) in [4.78, 5) is 19.2. The van der Waals surface area contributed by atoms with Crippen molar-refractivity contribution in [2.75, 3.05) is 62.7 Å². The maximum atomic E-state index is 5.81. The molecule has 0 saturated carbocycles. The zero-order chi connectivity index (χ0) is 26.8. The summed E-state index contributed by atoms with van der Waals surface area (Å²) in [7, 11) is 0. The smallest absolute Gasteiger partial charge is 0.170 e. The van der Waals surface area contributed by atoms with Crippen LogP contribution in [-0.2, 0) is 6.42 Å². The molecule has 2 aliphatic rings. The first kappa shape index (κ1) is 25.4. The van der Waals surface area contributed by atoms with Crippen LogP contribution in [0.4, 0.5) is 11.5 Å². The van der Waals surface area contributed by atoms with Gasteiger partial charge in [-0.05, 0) is 56.1 Å². The molecule has 4 heterocycles. The second kappa shape index (κ2) is 11.1. The van der Waals surface area contributed by atoms with E-state index in [9.17, 15) is 0 Å². The average Bonchev–Trinajstić information content (AvgIpc) is 3.36. The van der Waals surface area contributed by atoms with Gasteiger partial charge in [0.15, 0.2) is 28.5 Å². The van der Waals surface area contributed by atoms with Crippen molar-refractivity contribution in [2.45, 2.75) is 33.6 Å². The minimum absolute atomic E-state index is 0.556. The van der Waals surface area contributed by atoms with Crippen molar-refractivity contribution in [2.24, 2.45) is 0 Å². The van der Waals surface area contributed by atoms with Gasteiger partial charge in [0.1, 0.15) is 25.4 Å². The molecular weight excluding hydrogens is 490 g/mol.